The summed E-state index contributed by atoms with van der Waals surface area (Å²) in [5.74, 6) is 0.165. The summed E-state index contributed by atoms with van der Waals surface area (Å²) >= 11 is -0.750. The van der Waals surface area contributed by atoms with Crippen molar-refractivity contribution < 1.29 is 39.9 Å². The Hall–Kier alpha value is -3.34. The van der Waals surface area contributed by atoms with Gasteiger partial charge in [0.05, 0.1) is 11.1 Å². The second-order valence-corrected chi connectivity index (χ2v) is 10.6. The van der Waals surface area contributed by atoms with Crippen molar-refractivity contribution in [2.24, 2.45) is 17.3 Å². The highest BCUT2D eigenvalue weighted by atomic mass is 32.1. The first-order valence-corrected chi connectivity index (χ1v) is 13.2. The van der Waals surface area contributed by atoms with Gasteiger partial charge in [0.2, 0.25) is 0 Å². The summed E-state index contributed by atoms with van der Waals surface area (Å²) in [6.07, 6.45) is -0.834. The lowest BCUT2D eigenvalue weighted by Crippen LogP contribution is -2.34. The van der Waals surface area contributed by atoms with Crippen LogP contribution in [0.3, 0.4) is 0 Å². The summed E-state index contributed by atoms with van der Waals surface area (Å²) in [5.41, 5.74) is -2.36. The molecule has 8 nitrogen and oxygen atoms in total. The lowest BCUT2D eigenvalue weighted by molar-refractivity contribution is -0.211. The topological polar surface area (TPSA) is 114 Å². The van der Waals surface area contributed by atoms with Crippen molar-refractivity contribution in [2.45, 2.75) is 72.6 Å². The molecule has 1 amide bonds. The molecule has 1 aromatic heterocycles. The number of imidazole rings is 1. The standard InChI is InChI=1S/C26H31F5N4O2.O2S/c1-15-5-7-17(8-6-15)14-33-23(36)22-20(13-32)35(16(2)34-22)19-10-9-18(11-21(19)37-24(27)28)12-25(3,4)26(29,30)31;1-3-2/h9-11,15,17,24H,5-8,12,14H2,1-4H3,(H,33,36);. The molecule has 1 aliphatic carbocycles. The van der Waals surface area contributed by atoms with Crippen molar-refractivity contribution in [2.75, 3.05) is 6.54 Å². The molecule has 1 saturated carbocycles. The first kappa shape index (κ1) is 32.9. The Morgan fingerprint density at radius 2 is 1.82 bits per heavy atom. The minimum absolute atomic E-state index is 0.0317. The number of hydrogen-bond acceptors (Lipinski definition) is 6. The van der Waals surface area contributed by atoms with Gasteiger partial charge < -0.3 is 10.1 Å². The first-order valence-electron chi connectivity index (χ1n) is 12.5. The maximum atomic E-state index is 13.4. The number of amides is 1. The summed E-state index contributed by atoms with van der Waals surface area (Å²) in [6, 6.07) is 5.65. The number of carbonyl (C=O) groups excluding carboxylic acids is 1. The number of carbonyl (C=O) groups is 1. The Balaban J connectivity index is 0.00000178. The van der Waals surface area contributed by atoms with E-state index in [2.05, 4.69) is 22.0 Å². The fraction of sp³-hybridized carbons (Fsp3) is 0.577. The number of alkyl halides is 5. The highest BCUT2D eigenvalue weighted by molar-refractivity contribution is 7.51. The molecule has 0 unspecified atom stereocenters. The number of rotatable bonds is 8. The van der Waals surface area contributed by atoms with Gasteiger partial charge in [-0.15, -0.1) is 0 Å². The van der Waals surface area contributed by atoms with Crippen molar-refractivity contribution in [3.05, 3.63) is 41.0 Å². The van der Waals surface area contributed by atoms with Crippen LogP contribution in [0.5, 0.6) is 5.75 Å². The van der Waals surface area contributed by atoms with E-state index in [-0.39, 0.29) is 28.5 Å². The van der Waals surface area contributed by atoms with Gasteiger partial charge in [0, 0.05) is 6.54 Å². The average Bonchev–Trinajstić information content (AvgIpc) is 3.19. The Bertz CT molecular complexity index is 1260. The molecule has 1 aliphatic rings. The molecule has 3 rings (SSSR count). The summed E-state index contributed by atoms with van der Waals surface area (Å²) in [4.78, 5) is 17.1. The van der Waals surface area contributed by atoms with E-state index in [0.29, 0.717) is 18.4 Å². The van der Waals surface area contributed by atoms with E-state index in [9.17, 15) is 32.0 Å². The third-order valence-corrected chi connectivity index (χ3v) is 6.95. The van der Waals surface area contributed by atoms with Gasteiger partial charge in [-0.2, -0.15) is 35.6 Å². The fourth-order valence-electron chi connectivity index (χ4n) is 4.60. The molecule has 40 heavy (non-hydrogen) atoms. The van der Waals surface area contributed by atoms with Gasteiger partial charge >= 0.3 is 24.4 Å². The Labute approximate surface area is 232 Å². The second-order valence-electron chi connectivity index (χ2n) is 10.4. The van der Waals surface area contributed by atoms with Crippen molar-refractivity contribution >= 4 is 17.5 Å². The van der Waals surface area contributed by atoms with Crippen LogP contribution in [-0.2, 0) is 18.0 Å². The lowest BCUT2D eigenvalue weighted by atomic mass is 9.83. The van der Waals surface area contributed by atoms with Crippen molar-refractivity contribution in [3.8, 4) is 17.5 Å². The van der Waals surface area contributed by atoms with E-state index in [0.717, 1.165) is 45.6 Å². The molecule has 2 aromatic rings. The Morgan fingerprint density at radius 1 is 1.23 bits per heavy atom. The highest BCUT2D eigenvalue weighted by Gasteiger charge is 2.47. The minimum atomic E-state index is -4.51. The van der Waals surface area contributed by atoms with Crippen LogP contribution in [0.25, 0.3) is 5.69 Å². The van der Waals surface area contributed by atoms with Crippen LogP contribution < -0.4 is 10.1 Å². The van der Waals surface area contributed by atoms with Gasteiger partial charge in [-0.05, 0) is 55.7 Å². The third kappa shape index (κ3) is 8.33. The molecule has 0 aliphatic heterocycles. The molecule has 0 spiro atoms. The number of aromatic nitrogens is 2. The molecule has 1 aromatic carbocycles. The summed E-state index contributed by atoms with van der Waals surface area (Å²) < 4.78 is 89.0. The maximum Gasteiger partial charge on any atom is 0.394 e. The van der Waals surface area contributed by atoms with E-state index in [1.807, 2.05) is 6.07 Å². The summed E-state index contributed by atoms with van der Waals surface area (Å²) in [5, 5.41) is 12.7. The fourth-order valence-corrected chi connectivity index (χ4v) is 4.60. The number of aryl methyl sites for hydroxylation is 1. The van der Waals surface area contributed by atoms with E-state index in [1.54, 1.807) is 0 Å². The monoisotopic (exact) mass is 590 g/mol. The van der Waals surface area contributed by atoms with Crippen LogP contribution in [0.4, 0.5) is 22.0 Å². The third-order valence-electron chi connectivity index (χ3n) is 6.95. The van der Waals surface area contributed by atoms with Crippen LogP contribution >= 0.6 is 0 Å². The highest BCUT2D eigenvalue weighted by Crippen LogP contribution is 2.41. The van der Waals surface area contributed by atoms with E-state index >= 15 is 0 Å². The quantitative estimate of drug-likeness (QED) is 0.397. The smallest absolute Gasteiger partial charge is 0.394 e. The molecular formula is C26H31F5N4O4S. The molecule has 1 N–H and O–H groups in total. The van der Waals surface area contributed by atoms with Crippen LogP contribution in [0.1, 0.15) is 74.0 Å². The molecule has 1 fully saturated rings. The van der Waals surface area contributed by atoms with Gasteiger partial charge in [-0.1, -0.05) is 39.7 Å². The SMILES string of the molecule is Cc1nc(C(=O)NCC2CCC(C)CC2)c(C#N)n1-c1ccc(CC(C)(C)C(F)(F)F)cc1OC(F)F.O=S=O. The zero-order valence-corrected chi connectivity index (χ0v) is 23.3. The average molecular weight is 591 g/mol. The van der Waals surface area contributed by atoms with E-state index in [4.69, 9.17) is 8.42 Å². The summed E-state index contributed by atoms with van der Waals surface area (Å²) in [7, 11) is 0. The van der Waals surface area contributed by atoms with Gasteiger partial charge in [-0.25, -0.2) is 4.98 Å². The molecule has 0 saturated heterocycles. The Morgan fingerprint density at radius 3 is 2.35 bits per heavy atom. The molecule has 0 radical (unpaired) electrons. The van der Waals surface area contributed by atoms with Crippen molar-refractivity contribution in [1.82, 2.24) is 14.9 Å². The van der Waals surface area contributed by atoms with Crippen LogP contribution in [-0.4, -0.2) is 43.2 Å². The number of nitrogens with one attached hydrogen (secondary N) is 1. The second kappa shape index (κ2) is 13.8. The number of nitriles is 1. The molecule has 14 heteroatoms. The summed E-state index contributed by atoms with van der Waals surface area (Å²) in [6.45, 7) is 2.89. The molecule has 1 heterocycles. The van der Waals surface area contributed by atoms with E-state index < -0.39 is 47.9 Å². The molecular weight excluding hydrogens is 559 g/mol. The largest absolute Gasteiger partial charge is 0.433 e. The molecule has 0 atom stereocenters. The van der Waals surface area contributed by atoms with Gasteiger partial charge in [0.25, 0.3) is 5.91 Å². The van der Waals surface area contributed by atoms with Crippen molar-refractivity contribution in [3.63, 3.8) is 0 Å². The lowest BCUT2D eigenvalue weighted by Gasteiger charge is -2.28. The molecule has 0 bridgehead atoms. The zero-order chi connectivity index (χ0) is 30.3. The molecule has 220 valence electrons. The van der Waals surface area contributed by atoms with Crippen LogP contribution in [0.15, 0.2) is 18.2 Å². The number of halogens is 5. The van der Waals surface area contributed by atoms with Crippen molar-refractivity contribution in [1.29, 1.82) is 5.26 Å². The number of nitrogens with zero attached hydrogens (tertiary/aromatic N) is 3. The predicted octanol–water partition coefficient (Wildman–Crippen LogP) is 5.67. The normalized spacial score (nSPS) is 17.4. The number of benzene rings is 1. The van der Waals surface area contributed by atoms with Crippen LogP contribution in [0.2, 0.25) is 0 Å². The minimum Gasteiger partial charge on any atom is -0.433 e. The van der Waals surface area contributed by atoms with Gasteiger partial charge in [0.1, 0.15) is 17.6 Å². The zero-order valence-electron chi connectivity index (χ0n) is 22.5. The van der Waals surface area contributed by atoms with Crippen LogP contribution in [0, 0.1) is 35.5 Å². The predicted molar refractivity (Wildman–Crippen MR) is 136 cm³/mol. The number of ether oxygens (including phenoxy) is 1. The van der Waals surface area contributed by atoms with E-state index in [1.165, 1.54) is 23.6 Å². The van der Waals surface area contributed by atoms with Gasteiger partial charge in [-0.3, -0.25) is 9.36 Å². The maximum absolute atomic E-state index is 13.4. The Kier molecular flexibility index (Phi) is 11.4. The number of hydrogen-bond donors (Lipinski definition) is 1. The first-order chi connectivity index (χ1) is 18.6. The van der Waals surface area contributed by atoms with Gasteiger partial charge in [0.15, 0.2) is 11.4 Å².